The second-order valence-electron chi connectivity index (χ2n) is 7.37. The van der Waals surface area contributed by atoms with Crippen molar-refractivity contribution in [3.05, 3.63) is 77.2 Å². The summed E-state index contributed by atoms with van der Waals surface area (Å²) in [5, 5.41) is 13.2. The Morgan fingerprint density at radius 3 is 2.59 bits per heavy atom. The quantitative estimate of drug-likeness (QED) is 0.538. The van der Waals surface area contributed by atoms with E-state index in [0.29, 0.717) is 19.5 Å². The van der Waals surface area contributed by atoms with Gasteiger partial charge in [-0.1, -0.05) is 48.5 Å². The van der Waals surface area contributed by atoms with Gasteiger partial charge >= 0.3 is 0 Å². The fourth-order valence-corrected chi connectivity index (χ4v) is 3.70. The molecular formula is C23H25N5O. The van der Waals surface area contributed by atoms with Crippen molar-refractivity contribution >= 4 is 22.5 Å². The van der Waals surface area contributed by atoms with Crippen LogP contribution in [0.25, 0.3) is 10.9 Å². The maximum absolute atomic E-state index is 12.6. The molecule has 0 atom stereocenters. The van der Waals surface area contributed by atoms with E-state index < -0.39 is 0 Å². The molecule has 4 aromatic rings. The molecule has 4 rings (SSSR count). The number of fused-ring (bicyclic) bond motifs is 1. The lowest BCUT2D eigenvalue weighted by Gasteiger charge is -2.08. The van der Waals surface area contributed by atoms with Crippen LogP contribution < -0.4 is 5.32 Å². The second kappa shape index (κ2) is 7.91. The predicted molar refractivity (Wildman–Crippen MR) is 115 cm³/mol. The molecular weight excluding hydrogens is 362 g/mol. The number of hydrogen-bond acceptors (Lipinski definition) is 3. The highest BCUT2D eigenvalue weighted by atomic mass is 16.1. The van der Waals surface area contributed by atoms with Crippen molar-refractivity contribution in [3.63, 3.8) is 0 Å². The highest BCUT2D eigenvalue weighted by Gasteiger charge is 2.15. The molecule has 6 nitrogen and oxygen atoms in total. The molecule has 29 heavy (non-hydrogen) atoms. The van der Waals surface area contributed by atoms with Crippen molar-refractivity contribution in [3.8, 4) is 0 Å². The normalized spacial score (nSPS) is 11.1. The molecule has 1 N–H and O–H groups in total. The summed E-state index contributed by atoms with van der Waals surface area (Å²) in [6.45, 7) is 7.20. The van der Waals surface area contributed by atoms with Crippen molar-refractivity contribution < 1.29 is 4.79 Å². The van der Waals surface area contributed by atoms with E-state index in [-0.39, 0.29) is 5.91 Å². The van der Waals surface area contributed by atoms with Gasteiger partial charge in [0.25, 0.3) is 0 Å². The van der Waals surface area contributed by atoms with Crippen molar-refractivity contribution in [2.24, 2.45) is 0 Å². The number of nitrogens with zero attached hydrogens (tertiary/aromatic N) is 4. The number of anilines is 1. The third kappa shape index (κ3) is 3.92. The molecule has 6 heteroatoms. The highest BCUT2D eigenvalue weighted by Crippen LogP contribution is 2.21. The van der Waals surface area contributed by atoms with Gasteiger partial charge in [0.1, 0.15) is 0 Å². The van der Waals surface area contributed by atoms with Gasteiger partial charge in [-0.3, -0.25) is 14.2 Å². The number of carbonyl (C=O) groups excluding carboxylic acids is 1. The number of hydrogen-bond donors (Lipinski definition) is 1. The lowest BCUT2D eigenvalue weighted by molar-refractivity contribution is -0.116. The molecule has 0 unspecified atom stereocenters. The Morgan fingerprint density at radius 2 is 1.79 bits per heavy atom. The van der Waals surface area contributed by atoms with Crippen LogP contribution in [0.15, 0.2) is 54.7 Å². The Morgan fingerprint density at radius 1 is 1.00 bits per heavy atom. The minimum absolute atomic E-state index is 0.0345. The summed E-state index contributed by atoms with van der Waals surface area (Å²) in [5.74, 6) is -0.0345. The van der Waals surface area contributed by atoms with Crippen LogP contribution in [0.2, 0.25) is 0 Å². The average Bonchev–Trinajstić information content (AvgIpc) is 3.24. The third-order valence-electron chi connectivity index (χ3n) is 5.24. The number of rotatable bonds is 6. The van der Waals surface area contributed by atoms with Crippen molar-refractivity contribution in [2.45, 2.75) is 40.3 Å². The first kappa shape index (κ1) is 18.9. The van der Waals surface area contributed by atoms with Gasteiger partial charge in [-0.2, -0.15) is 10.2 Å². The molecule has 0 saturated carbocycles. The SMILES string of the molecule is Cc1nn(Cc2ccccc2)c(C)c1NC(=O)CCn1ncc2cccc(C)c21. The molecule has 0 aliphatic carbocycles. The molecule has 0 fully saturated rings. The molecule has 1 amide bonds. The molecule has 2 aromatic heterocycles. The lowest BCUT2D eigenvalue weighted by Crippen LogP contribution is -2.16. The largest absolute Gasteiger partial charge is 0.323 e. The first-order chi connectivity index (χ1) is 14.0. The van der Waals surface area contributed by atoms with Crippen LogP contribution in [-0.4, -0.2) is 25.5 Å². The van der Waals surface area contributed by atoms with Crippen molar-refractivity contribution in [1.82, 2.24) is 19.6 Å². The molecule has 0 spiro atoms. The summed E-state index contributed by atoms with van der Waals surface area (Å²) in [6, 6.07) is 16.3. The van der Waals surface area contributed by atoms with Crippen LogP contribution >= 0.6 is 0 Å². The van der Waals surface area contributed by atoms with Gasteiger partial charge < -0.3 is 5.32 Å². The van der Waals surface area contributed by atoms with E-state index in [0.717, 1.165) is 33.5 Å². The molecule has 2 aromatic carbocycles. The minimum atomic E-state index is -0.0345. The van der Waals surface area contributed by atoms with Crippen LogP contribution in [0.1, 0.15) is 28.9 Å². The number of benzene rings is 2. The number of para-hydroxylation sites is 1. The zero-order chi connectivity index (χ0) is 20.4. The fraction of sp³-hybridized carbons (Fsp3) is 0.261. The van der Waals surface area contributed by atoms with Gasteiger partial charge in [-0.15, -0.1) is 0 Å². The molecule has 148 valence electrons. The van der Waals surface area contributed by atoms with E-state index in [1.807, 2.05) is 59.7 Å². The summed E-state index contributed by atoms with van der Waals surface area (Å²) in [4.78, 5) is 12.6. The van der Waals surface area contributed by atoms with E-state index in [1.165, 1.54) is 5.56 Å². The highest BCUT2D eigenvalue weighted by molar-refractivity contribution is 5.92. The number of aromatic nitrogens is 4. The summed E-state index contributed by atoms with van der Waals surface area (Å²) < 4.78 is 3.84. The van der Waals surface area contributed by atoms with Gasteiger partial charge in [-0.05, 0) is 31.9 Å². The van der Waals surface area contributed by atoms with Crippen molar-refractivity contribution in [2.75, 3.05) is 5.32 Å². The Kier molecular flexibility index (Phi) is 5.16. The van der Waals surface area contributed by atoms with Crippen LogP contribution in [-0.2, 0) is 17.9 Å². The molecule has 0 bridgehead atoms. The van der Waals surface area contributed by atoms with Crippen LogP contribution in [0.4, 0.5) is 5.69 Å². The molecule has 0 aliphatic rings. The second-order valence-corrected chi connectivity index (χ2v) is 7.37. The number of nitrogens with one attached hydrogen (secondary N) is 1. The van der Waals surface area contributed by atoms with Crippen molar-refractivity contribution in [1.29, 1.82) is 0 Å². The van der Waals surface area contributed by atoms with Gasteiger partial charge in [-0.25, -0.2) is 0 Å². The van der Waals surface area contributed by atoms with E-state index in [4.69, 9.17) is 0 Å². The number of amides is 1. The van der Waals surface area contributed by atoms with E-state index in [1.54, 1.807) is 0 Å². The standard InChI is InChI=1S/C23H25N5O/c1-16-8-7-11-20-14-24-27(23(16)20)13-12-21(29)25-22-17(2)26-28(18(22)3)15-19-9-5-4-6-10-19/h4-11,14H,12-13,15H2,1-3H3,(H,25,29). The average molecular weight is 387 g/mol. The van der Waals surface area contributed by atoms with Gasteiger partial charge in [0.2, 0.25) is 5.91 Å². The van der Waals surface area contributed by atoms with Crippen LogP contribution in [0, 0.1) is 20.8 Å². The fourth-order valence-electron chi connectivity index (χ4n) is 3.70. The first-order valence-corrected chi connectivity index (χ1v) is 9.82. The summed E-state index contributed by atoms with van der Waals surface area (Å²) in [7, 11) is 0. The first-order valence-electron chi connectivity index (χ1n) is 9.82. The Labute approximate surface area is 170 Å². The van der Waals surface area contributed by atoms with E-state index in [2.05, 4.69) is 40.6 Å². The zero-order valence-electron chi connectivity index (χ0n) is 17.0. The Balaban J connectivity index is 1.44. The number of aryl methyl sites for hydroxylation is 3. The predicted octanol–water partition coefficient (Wildman–Crippen LogP) is 4.24. The maximum Gasteiger partial charge on any atom is 0.226 e. The van der Waals surface area contributed by atoms with Gasteiger partial charge in [0, 0.05) is 11.8 Å². The van der Waals surface area contributed by atoms with Gasteiger partial charge in [0.15, 0.2) is 0 Å². The van der Waals surface area contributed by atoms with Crippen LogP contribution in [0.5, 0.6) is 0 Å². The summed E-state index contributed by atoms with van der Waals surface area (Å²) >= 11 is 0. The molecule has 0 saturated heterocycles. The number of carbonyl (C=O) groups is 1. The topological polar surface area (TPSA) is 64.7 Å². The smallest absolute Gasteiger partial charge is 0.226 e. The lowest BCUT2D eigenvalue weighted by atomic mass is 10.2. The monoisotopic (exact) mass is 387 g/mol. The zero-order valence-corrected chi connectivity index (χ0v) is 17.0. The van der Waals surface area contributed by atoms with Gasteiger partial charge in [0.05, 0.1) is 41.9 Å². The maximum atomic E-state index is 12.6. The molecule has 0 aliphatic heterocycles. The summed E-state index contributed by atoms with van der Waals surface area (Å²) in [6.07, 6.45) is 2.20. The van der Waals surface area contributed by atoms with E-state index >= 15 is 0 Å². The molecule has 2 heterocycles. The Bertz CT molecular complexity index is 1160. The Hall–Kier alpha value is -3.41. The van der Waals surface area contributed by atoms with Crippen LogP contribution in [0.3, 0.4) is 0 Å². The van der Waals surface area contributed by atoms with E-state index in [9.17, 15) is 4.79 Å². The summed E-state index contributed by atoms with van der Waals surface area (Å²) in [5.41, 5.74) is 6.01. The minimum Gasteiger partial charge on any atom is -0.323 e. The third-order valence-corrected chi connectivity index (χ3v) is 5.24. The molecule has 0 radical (unpaired) electrons.